The molecule has 2 aliphatic carbocycles. The van der Waals surface area contributed by atoms with E-state index in [2.05, 4.69) is 51.1 Å². The molecule has 0 aromatic heterocycles. The third-order valence-electron chi connectivity index (χ3n) is 7.01. The molecule has 0 amide bonds. The zero-order valence-corrected chi connectivity index (χ0v) is 21.7. The molecule has 0 spiro atoms. The number of hydrogen-bond donors (Lipinski definition) is 0. The maximum absolute atomic E-state index is 5.75. The van der Waals surface area contributed by atoms with E-state index in [1.54, 1.807) is 7.11 Å². The van der Waals surface area contributed by atoms with Gasteiger partial charge in [-0.1, -0.05) is 135 Å². The van der Waals surface area contributed by atoms with Crippen molar-refractivity contribution < 1.29 is 4.74 Å². The maximum Gasteiger partial charge on any atom is 0.126 e. The van der Waals surface area contributed by atoms with E-state index in [1.165, 1.54) is 125 Å². The quantitative estimate of drug-likeness (QED) is 0.210. The van der Waals surface area contributed by atoms with Crippen LogP contribution in [0.4, 0.5) is 0 Å². The van der Waals surface area contributed by atoms with Gasteiger partial charge >= 0.3 is 0 Å². The summed E-state index contributed by atoms with van der Waals surface area (Å²) in [6.07, 6.45) is 22.4. The molecule has 0 heterocycles. The number of rotatable bonds is 18. The largest absolute Gasteiger partial charge is 0.496 e. The fourth-order valence-corrected chi connectivity index (χ4v) is 4.87. The van der Waals surface area contributed by atoms with Crippen LogP contribution in [0.15, 0.2) is 30.3 Å². The minimum absolute atomic E-state index is 0.532. The van der Waals surface area contributed by atoms with Gasteiger partial charge in [-0.05, 0) is 41.5 Å². The van der Waals surface area contributed by atoms with Gasteiger partial charge in [0, 0.05) is 5.56 Å². The van der Waals surface area contributed by atoms with Crippen LogP contribution in [0.25, 0.3) is 11.1 Å². The molecule has 0 atom stereocenters. The predicted octanol–water partition coefficient (Wildman–Crippen LogP) is 10.3. The molecule has 1 heteroatoms. The fraction of sp³-hybridized carbons (Fsp3) is 0.677. The molecule has 0 saturated carbocycles. The molecule has 0 aromatic rings. The van der Waals surface area contributed by atoms with Gasteiger partial charge in [0.25, 0.3) is 0 Å². The Morgan fingerprint density at radius 1 is 0.656 bits per heavy atom. The Morgan fingerprint density at radius 3 is 1.69 bits per heavy atom. The molecular weight excluding hydrogens is 388 g/mol. The van der Waals surface area contributed by atoms with Gasteiger partial charge in [0.2, 0.25) is 0 Å². The van der Waals surface area contributed by atoms with Crippen LogP contribution in [0, 0.1) is 0 Å². The van der Waals surface area contributed by atoms with Crippen molar-refractivity contribution in [2.75, 3.05) is 7.11 Å². The van der Waals surface area contributed by atoms with Crippen LogP contribution in [0.2, 0.25) is 0 Å². The lowest BCUT2D eigenvalue weighted by Crippen LogP contribution is -1.90. The van der Waals surface area contributed by atoms with Crippen molar-refractivity contribution in [3.05, 3.63) is 41.5 Å². The average Bonchev–Trinajstić information content (AvgIpc) is 3.07. The first kappa shape index (κ1) is 26.7. The van der Waals surface area contributed by atoms with Gasteiger partial charge in [-0.15, -0.1) is 0 Å². The van der Waals surface area contributed by atoms with Crippen molar-refractivity contribution in [1.29, 1.82) is 0 Å². The first-order chi connectivity index (χ1) is 15.7. The van der Waals surface area contributed by atoms with Crippen molar-refractivity contribution in [2.45, 2.75) is 129 Å². The first-order valence-electron chi connectivity index (χ1n) is 13.8. The van der Waals surface area contributed by atoms with E-state index in [0.717, 1.165) is 5.75 Å². The zero-order valence-electron chi connectivity index (χ0n) is 21.7. The molecule has 0 aliphatic heterocycles. The highest BCUT2D eigenvalue weighted by atomic mass is 16.5. The molecule has 0 unspecified atom stereocenters. The summed E-state index contributed by atoms with van der Waals surface area (Å²) in [5.74, 6) is 1.55. The minimum atomic E-state index is 0.532. The van der Waals surface area contributed by atoms with Gasteiger partial charge in [0.1, 0.15) is 5.75 Å². The molecule has 0 N–H and O–H groups in total. The van der Waals surface area contributed by atoms with Crippen LogP contribution in [0.1, 0.15) is 134 Å². The molecule has 0 saturated heterocycles. The second-order valence-corrected chi connectivity index (χ2v) is 10.1. The summed E-state index contributed by atoms with van der Waals surface area (Å²) in [7, 11) is 1.80. The smallest absolute Gasteiger partial charge is 0.126 e. The monoisotopic (exact) mass is 438 g/mol. The SMILES string of the molecule is CCCCCCCCCCCCCCCCCc1ccc2cc(C(C)C)ccc(OC)c1-2. The van der Waals surface area contributed by atoms with E-state index in [-0.39, 0.29) is 0 Å². The van der Waals surface area contributed by atoms with E-state index in [1.807, 2.05) is 0 Å². The maximum atomic E-state index is 5.75. The zero-order chi connectivity index (χ0) is 23.0. The van der Waals surface area contributed by atoms with Crippen molar-refractivity contribution >= 4 is 0 Å². The first-order valence-corrected chi connectivity index (χ1v) is 13.8. The number of hydrogen-bond acceptors (Lipinski definition) is 1. The van der Waals surface area contributed by atoms with Crippen molar-refractivity contribution in [3.8, 4) is 16.9 Å². The number of ether oxygens (including phenoxy) is 1. The minimum Gasteiger partial charge on any atom is -0.496 e. The van der Waals surface area contributed by atoms with Gasteiger partial charge in [0.15, 0.2) is 0 Å². The van der Waals surface area contributed by atoms with E-state index in [0.29, 0.717) is 5.92 Å². The fourth-order valence-electron chi connectivity index (χ4n) is 4.87. The summed E-state index contributed by atoms with van der Waals surface area (Å²) >= 11 is 0. The molecular formula is C31H50O. The van der Waals surface area contributed by atoms with E-state index < -0.39 is 0 Å². The van der Waals surface area contributed by atoms with Crippen LogP contribution in [-0.4, -0.2) is 7.11 Å². The number of unbranched alkanes of at least 4 members (excludes halogenated alkanes) is 14. The van der Waals surface area contributed by atoms with Crippen molar-refractivity contribution in [3.63, 3.8) is 0 Å². The van der Waals surface area contributed by atoms with Crippen molar-refractivity contribution in [1.82, 2.24) is 0 Å². The molecule has 2 aliphatic rings. The Bertz CT molecular complexity index is 702. The molecule has 32 heavy (non-hydrogen) atoms. The lowest BCUT2D eigenvalue weighted by atomic mass is 10.0. The summed E-state index contributed by atoms with van der Waals surface area (Å²) in [4.78, 5) is 0. The normalized spacial score (nSPS) is 11.5. The lowest BCUT2D eigenvalue weighted by Gasteiger charge is -2.08. The number of fused-ring (bicyclic) bond motifs is 1. The highest BCUT2D eigenvalue weighted by molar-refractivity contribution is 5.77. The molecule has 0 bridgehead atoms. The van der Waals surface area contributed by atoms with Gasteiger partial charge in [0.05, 0.1) is 7.11 Å². The van der Waals surface area contributed by atoms with E-state index in [9.17, 15) is 0 Å². The van der Waals surface area contributed by atoms with Crippen LogP contribution >= 0.6 is 0 Å². The number of aryl methyl sites for hydroxylation is 1. The van der Waals surface area contributed by atoms with Crippen LogP contribution in [0.5, 0.6) is 5.75 Å². The molecule has 180 valence electrons. The lowest BCUT2D eigenvalue weighted by molar-refractivity contribution is 0.416. The highest BCUT2D eigenvalue weighted by Gasteiger charge is 2.15. The van der Waals surface area contributed by atoms with Gasteiger partial charge in [-0.3, -0.25) is 0 Å². The Hall–Kier alpha value is -1.50. The molecule has 1 nitrogen and oxygen atoms in total. The second kappa shape index (κ2) is 16.2. The van der Waals surface area contributed by atoms with E-state index >= 15 is 0 Å². The standard InChI is InChI=1S/C31H50O/c1-5-6-7-8-9-10-11-12-13-14-15-16-17-18-19-20-27-21-22-29-25-28(26(2)3)23-24-30(32-4)31(27)29/h21-26H,5-20H2,1-4H3. The molecule has 0 radical (unpaired) electrons. The van der Waals surface area contributed by atoms with Crippen LogP contribution < -0.4 is 4.74 Å². The summed E-state index contributed by atoms with van der Waals surface area (Å²) in [6, 6.07) is 11.3. The Morgan fingerprint density at radius 2 is 1.19 bits per heavy atom. The molecule has 0 fully saturated rings. The number of methoxy groups -OCH3 is 1. The van der Waals surface area contributed by atoms with Gasteiger partial charge < -0.3 is 4.74 Å². The Kier molecular flexibility index (Phi) is 13.5. The molecule has 0 aromatic carbocycles. The Labute approximate surface area is 199 Å². The molecule has 2 rings (SSSR count). The Balaban J connectivity index is 1.57. The summed E-state index contributed by atoms with van der Waals surface area (Å²) in [6.45, 7) is 6.81. The summed E-state index contributed by atoms with van der Waals surface area (Å²) < 4.78 is 5.75. The highest BCUT2D eigenvalue weighted by Crippen LogP contribution is 2.38. The predicted molar refractivity (Wildman–Crippen MR) is 142 cm³/mol. The topological polar surface area (TPSA) is 9.23 Å². The third-order valence-corrected chi connectivity index (χ3v) is 7.01. The third kappa shape index (κ3) is 9.55. The van der Waals surface area contributed by atoms with Gasteiger partial charge in [-0.2, -0.15) is 0 Å². The average molecular weight is 439 g/mol. The van der Waals surface area contributed by atoms with Crippen LogP contribution in [0.3, 0.4) is 0 Å². The summed E-state index contributed by atoms with van der Waals surface area (Å²) in [5.41, 5.74) is 5.48. The van der Waals surface area contributed by atoms with E-state index in [4.69, 9.17) is 4.74 Å². The van der Waals surface area contributed by atoms with Gasteiger partial charge in [-0.25, -0.2) is 0 Å². The van der Waals surface area contributed by atoms with Crippen molar-refractivity contribution in [2.24, 2.45) is 0 Å². The second-order valence-electron chi connectivity index (χ2n) is 10.1. The summed E-state index contributed by atoms with van der Waals surface area (Å²) in [5, 5.41) is 0. The van der Waals surface area contributed by atoms with Crippen LogP contribution in [-0.2, 0) is 6.42 Å².